The van der Waals surface area contributed by atoms with Crippen LogP contribution in [0.4, 0.5) is 37.7 Å². The highest BCUT2D eigenvalue weighted by Crippen LogP contribution is 2.48. The van der Waals surface area contributed by atoms with E-state index in [0.29, 0.717) is 16.9 Å². The van der Waals surface area contributed by atoms with Gasteiger partial charge in [0.05, 0.1) is 39.4 Å². The molecule has 2 N–H and O–H groups in total. The molecule has 226 valence electrons. The third kappa shape index (κ3) is 5.65. The molecule has 1 aliphatic carbocycles. The molecule has 0 amide bonds. The molecule has 0 bridgehead atoms. The molecule has 4 aromatic rings. The van der Waals surface area contributed by atoms with Gasteiger partial charge in [-0.3, -0.25) is 4.98 Å². The number of hydrogen-bond acceptors (Lipinski definition) is 7. The molecule has 0 radical (unpaired) electrons. The minimum absolute atomic E-state index is 0.00139. The Morgan fingerprint density at radius 1 is 1.19 bits per heavy atom. The Kier molecular flexibility index (Phi) is 7.66. The van der Waals surface area contributed by atoms with Gasteiger partial charge in [0.1, 0.15) is 17.3 Å². The minimum Gasteiger partial charge on any atom is -0.382 e. The van der Waals surface area contributed by atoms with Crippen molar-refractivity contribution in [1.82, 2.24) is 25.0 Å². The molecule has 0 aliphatic heterocycles. The molecule has 1 atom stereocenters. The fraction of sp³-hybridized carbons (Fsp3) is 0.393. The van der Waals surface area contributed by atoms with Crippen molar-refractivity contribution in [3.8, 4) is 6.07 Å². The summed E-state index contributed by atoms with van der Waals surface area (Å²) in [5.74, 6) is -0.723. The van der Waals surface area contributed by atoms with Crippen LogP contribution in [0, 0.1) is 29.6 Å². The van der Waals surface area contributed by atoms with Gasteiger partial charge < -0.3 is 10.6 Å². The van der Waals surface area contributed by atoms with E-state index in [-0.39, 0.29) is 45.7 Å². The number of nitrogens with one attached hydrogen (secondary N) is 2. The number of halogens is 7. The van der Waals surface area contributed by atoms with E-state index in [2.05, 4.69) is 30.9 Å². The molecule has 0 unspecified atom stereocenters. The average molecular weight is 623 g/mol. The van der Waals surface area contributed by atoms with Crippen molar-refractivity contribution in [3.05, 3.63) is 70.1 Å². The highest BCUT2D eigenvalue weighted by molar-refractivity contribution is 6.35. The molecule has 43 heavy (non-hydrogen) atoms. The number of hydrogen-bond donors (Lipinski definition) is 2. The van der Waals surface area contributed by atoms with Crippen LogP contribution < -0.4 is 10.6 Å². The first-order valence-corrected chi connectivity index (χ1v) is 13.5. The fourth-order valence-corrected chi connectivity index (χ4v) is 4.92. The Morgan fingerprint density at radius 2 is 1.91 bits per heavy atom. The van der Waals surface area contributed by atoms with Gasteiger partial charge in [-0.1, -0.05) is 22.9 Å². The van der Waals surface area contributed by atoms with Gasteiger partial charge in [0.2, 0.25) is 5.95 Å². The molecule has 3 aromatic heterocycles. The van der Waals surface area contributed by atoms with Crippen molar-refractivity contribution in [2.45, 2.75) is 57.8 Å². The molecule has 15 heteroatoms. The van der Waals surface area contributed by atoms with Crippen LogP contribution in [0.25, 0.3) is 10.9 Å². The third-order valence-corrected chi connectivity index (χ3v) is 7.95. The Hall–Kier alpha value is -4.12. The van der Waals surface area contributed by atoms with Gasteiger partial charge in [-0.25, -0.2) is 18.4 Å². The average Bonchev–Trinajstić information content (AvgIpc) is 3.60. The van der Waals surface area contributed by atoms with Crippen LogP contribution in [-0.2, 0) is 5.54 Å². The standard InChI is InChI=1S/C28H25ClF6N8/c1-14-17(4-5-21(30)39-14)24(20-12-43(42-41-20)27(6-7-27)25(31)32)40-16-8-18-22(38-13-26(2,3)28(33,34)35)15(10-36)11-37-23(18)19(29)9-16/h4-5,8-9,11-12,24-25,40H,6-7,13H2,1-3H3,(H,37,38)/t24-/m0/s1. The zero-order valence-corrected chi connectivity index (χ0v) is 23.8. The van der Waals surface area contributed by atoms with Crippen LogP contribution in [-0.4, -0.2) is 44.1 Å². The van der Waals surface area contributed by atoms with E-state index in [1.54, 1.807) is 13.0 Å². The first-order valence-electron chi connectivity index (χ1n) is 13.1. The van der Waals surface area contributed by atoms with E-state index in [4.69, 9.17) is 11.6 Å². The summed E-state index contributed by atoms with van der Waals surface area (Å²) in [5, 5.41) is 24.2. The maximum atomic E-state index is 13.9. The number of benzene rings is 1. The number of pyridine rings is 2. The number of nitrogens with zero attached hydrogens (tertiary/aromatic N) is 6. The predicted octanol–water partition coefficient (Wildman–Crippen LogP) is 7.15. The first kappa shape index (κ1) is 30.3. The summed E-state index contributed by atoms with van der Waals surface area (Å²) in [6.45, 7) is 3.09. The molecule has 0 spiro atoms. The number of aromatic nitrogens is 5. The van der Waals surface area contributed by atoms with Crippen LogP contribution in [0.15, 0.2) is 36.7 Å². The number of aryl methyl sites for hydroxylation is 1. The summed E-state index contributed by atoms with van der Waals surface area (Å²) >= 11 is 6.56. The van der Waals surface area contributed by atoms with E-state index < -0.39 is 42.1 Å². The Balaban J connectivity index is 1.59. The third-order valence-electron chi connectivity index (χ3n) is 7.67. The van der Waals surface area contributed by atoms with Crippen LogP contribution in [0.3, 0.4) is 0 Å². The van der Waals surface area contributed by atoms with Crippen molar-refractivity contribution in [3.63, 3.8) is 0 Å². The van der Waals surface area contributed by atoms with Gasteiger partial charge in [-0.2, -0.15) is 22.8 Å². The molecule has 1 saturated carbocycles. The van der Waals surface area contributed by atoms with Crippen molar-refractivity contribution < 1.29 is 26.3 Å². The van der Waals surface area contributed by atoms with Gasteiger partial charge in [-0.05, 0) is 51.8 Å². The summed E-state index contributed by atoms with van der Waals surface area (Å²) in [7, 11) is 0. The van der Waals surface area contributed by atoms with E-state index in [1.807, 2.05) is 6.07 Å². The van der Waals surface area contributed by atoms with Gasteiger partial charge in [0.25, 0.3) is 6.43 Å². The minimum atomic E-state index is -4.52. The second-order valence-corrected chi connectivity index (χ2v) is 11.5. The summed E-state index contributed by atoms with van der Waals surface area (Å²) in [6, 6.07) is 6.73. The fourth-order valence-electron chi connectivity index (χ4n) is 4.65. The van der Waals surface area contributed by atoms with Gasteiger partial charge in [0.15, 0.2) is 0 Å². The van der Waals surface area contributed by atoms with Gasteiger partial charge in [-0.15, -0.1) is 5.10 Å². The molecule has 0 saturated heterocycles. The van der Waals surface area contributed by atoms with Crippen LogP contribution in [0.1, 0.15) is 55.2 Å². The maximum absolute atomic E-state index is 13.9. The molecule has 1 aliphatic rings. The molecule has 1 fully saturated rings. The zero-order valence-electron chi connectivity index (χ0n) is 23.1. The Morgan fingerprint density at radius 3 is 2.51 bits per heavy atom. The monoisotopic (exact) mass is 622 g/mol. The lowest BCUT2D eigenvalue weighted by Crippen LogP contribution is -2.38. The van der Waals surface area contributed by atoms with Crippen molar-refractivity contribution in [1.29, 1.82) is 5.26 Å². The van der Waals surface area contributed by atoms with Crippen molar-refractivity contribution in [2.24, 2.45) is 5.41 Å². The molecule has 1 aromatic carbocycles. The largest absolute Gasteiger partial charge is 0.395 e. The summed E-state index contributed by atoms with van der Waals surface area (Å²) in [5.41, 5.74) is -1.94. The quantitative estimate of drug-likeness (QED) is 0.151. The second-order valence-electron chi connectivity index (χ2n) is 11.1. The van der Waals surface area contributed by atoms with E-state index in [9.17, 15) is 31.6 Å². The smallest absolute Gasteiger partial charge is 0.382 e. The van der Waals surface area contributed by atoms with Crippen LogP contribution >= 0.6 is 11.6 Å². The maximum Gasteiger partial charge on any atom is 0.395 e. The highest BCUT2D eigenvalue weighted by atomic mass is 35.5. The van der Waals surface area contributed by atoms with E-state index >= 15 is 0 Å². The van der Waals surface area contributed by atoms with Crippen molar-refractivity contribution in [2.75, 3.05) is 17.2 Å². The van der Waals surface area contributed by atoms with Gasteiger partial charge in [0, 0.05) is 35.1 Å². The number of fused-ring (bicyclic) bond motifs is 1. The number of alkyl halides is 5. The number of anilines is 2. The molecular formula is C28H25ClF6N8. The zero-order chi connectivity index (χ0) is 31.3. The molecule has 5 rings (SSSR count). The predicted molar refractivity (Wildman–Crippen MR) is 147 cm³/mol. The lowest BCUT2D eigenvalue weighted by Gasteiger charge is -2.28. The highest BCUT2D eigenvalue weighted by Gasteiger charge is 2.54. The van der Waals surface area contributed by atoms with Crippen LogP contribution in [0.5, 0.6) is 0 Å². The lowest BCUT2D eigenvalue weighted by atomic mass is 9.92. The SMILES string of the molecule is Cc1nc(F)ccc1[C@H](Nc1cc(Cl)c2ncc(C#N)c(NCC(C)(C)C(F)(F)F)c2c1)c1cn(C2(C(F)F)CC2)nn1. The molecule has 8 nitrogen and oxygen atoms in total. The van der Waals surface area contributed by atoms with E-state index in [1.165, 1.54) is 24.5 Å². The summed E-state index contributed by atoms with van der Waals surface area (Å²) in [4.78, 5) is 8.10. The molecular weight excluding hydrogens is 598 g/mol. The Labute approximate surface area is 247 Å². The topological polar surface area (TPSA) is 104 Å². The lowest BCUT2D eigenvalue weighted by molar-refractivity contribution is -0.206. The number of nitriles is 1. The van der Waals surface area contributed by atoms with Crippen molar-refractivity contribution >= 4 is 33.9 Å². The number of rotatable bonds is 9. The summed E-state index contributed by atoms with van der Waals surface area (Å²) < 4.78 is 83.3. The molecule has 3 heterocycles. The normalized spacial score (nSPS) is 15.4. The second kappa shape index (κ2) is 10.9. The van der Waals surface area contributed by atoms with E-state index in [0.717, 1.165) is 24.6 Å². The Bertz CT molecular complexity index is 1720. The summed E-state index contributed by atoms with van der Waals surface area (Å²) in [6.07, 6.45) is -4.10. The van der Waals surface area contributed by atoms with Gasteiger partial charge >= 0.3 is 6.18 Å². The first-order chi connectivity index (χ1) is 20.2. The van der Waals surface area contributed by atoms with Crippen LogP contribution in [0.2, 0.25) is 5.02 Å².